The predicted molar refractivity (Wildman–Crippen MR) is 134 cm³/mol. The van der Waals surface area contributed by atoms with Crippen LogP contribution in [0.25, 0.3) is 16.9 Å². The van der Waals surface area contributed by atoms with Crippen LogP contribution in [0.15, 0.2) is 36.4 Å². The summed E-state index contributed by atoms with van der Waals surface area (Å²) in [4.78, 5) is 14.0. The maximum absolute atomic E-state index is 13.4. The van der Waals surface area contributed by atoms with Crippen LogP contribution < -0.4 is 15.1 Å². The molecule has 2 N–H and O–H groups in total. The lowest BCUT2D eigenvalue weighted by molar-refractivity contribution is 0.235. The van der Waals surface area contributed by atoms with Crippen molar-refractivity contribution in [2.24, 2.45) is 0 Å². The van der Waals surface area contributed by atoms with Gasteiger partial charge in [-0.2, -0.15) is 9.78 Å². The summed E-state index contributed by atoms with van der Waals surface area (Å²) in [6.45, 7) is 4.32. The molecule has 1 aromatic carbocycles. The third-order valence-electron chi connectivity index (χ3n) is 6.08. The van der Waals surface area contributed by atoms with E-state index >= 15 is 0 Å². The molecule has 35 heavy (non-hydrogen) atoms. The van der Waals surface area contributed by atoms with E-state index in [1.165, 1.54) is 23.5 Å². The Hall–Kier alpha value is -3.59. The lowest BCUT2D eigenvalue weighted by Crippen LogP contribution is -2.52. The molecule has 0 bridgehead atoms. The molecule has 3 aromatic heterocycles. The van der Waals surface area contributed by atoms with Gasteiger partial charge in [-0.15, -0.1) is 5.10 Å². The van der Waals surface area contributed by atoms with Crippen molar-refractivity contribution >= 4 is 33.8 Å². The van der Waals surface area contributed by atoms with Gasteiger partial charge in [0.25, 0.3) is 0 Å². The van der Waals surface area contributed by atoms with Crippen LogP contribution in [0.2, 0.25) is 0 Å². The van der Waals surface area contributed by atoms with Crippen molar-refractivity contribution in [2.75, 3.05) is 43.1 Å². The molecule has 0 saturated carbocycles. The highest BCUT2D eigenvalue weighted by Gasteiger charge is 2.24. The summed E-state index contributed by atoms with van der Waals surface area (Å²) in [5, 5.41) is 28.1. The number of nitriles is 1. The van der Waals surface area contributed by atoms with Crippen molar-refractivity contribution in [1.29, 1.82) is 5.26 Å². The number of aryl methyl sites for hydroxylation is 1. The van der Waals surface area contributed by atoms with Gasteiger partial charge < -0.3 is 20.2 Å². The van der Waals surface area contributed by atoms with Gasteiger partial charge in [0.1, 0.15) is 28.3 Å². The number of anilines is 3. The molecular weight excluding hydrogens is 467 g/mol. The Labute approximate surface area is 206 Å². The number of aromatic nitrogens is 4. The summed E-state index contributed by atoms with van der Waals surface area (Å²) in [7, 11) is 1.89. The Morgan fingerprint density at radius 1 is 1.26 bits per heavy atom. The van der Waals surface area contributed by atoms with Gasteiger partial charge in [-0.1, -0.05) is 18.3 Å². The Balaban J connectivity index is 1.56. The van der Waals surface area contributed by atoms with E-state index in [4.69, 9.17) is 15.1 Å². The molecule has 0 spiro atoms. The van der Waals surface area contributed by atoms with E-state index in [0.717, 1.165) is 36.1 Å². The number of benzene rings is 1. The molecule has 1 atom stereocenters. The minimum atomic E-state index is -0.338. The molecule has 1 aliphatic heterocycles. The largest absolute Gasteiger partial charge is 0.395 e. The number of hydrogen-bond donors (Lipinski definition) is 2. The first-order valence-corrected chi connectivity index (χ1v) is 12.2. The van der Waals surface area contributed by atoms with Crippen molar-refractivity contribution in [3.8, 4) is 17.3 Å². The van der Waals surface area contributed by atoms with Gasteiger partial charge in [0.15, 0.2) is 16.6 Å². The summed E-state index contributed by atoms with van der Waals surface area (Å²) in [6.07, 6.45) is 0.694. The molecule has 0 amide bonds. The summed E-state index contributed by atoms with van der Waals surface area (Å²) in [6, 6.07) is 12.1. The maximum atomic E-state index is 13.4. The van der Waals surface area contributed by atoms with Crippen LogP contribution in [0.5, 0.6) is 0 Å². The van der Waals surface area contributed by atoms with E-state index in [1.807, 2.05) is 35.5 Å². The first kappa shape index (κ1) is 23.2. The van der Waals surface area contributed by atoms with Crippen LogP contribution in [0.1, 0.15) is 17.5 Å². The number of aliphatic hydroxyl groups is 1. The van der Waals surface area contributed by atoms with Crippen molar-refractivity contribution < 1.29 is 9.50 Å². The van der Waals surface area contributed by atoms with E-state index in [9.17, 15) is 14.8 Å². The normalized spacial score (nSPS) is 16.0. The Kier molecular flexibility index (Phi) is 6.34. The molecule has 1 aliphatic rings. The number of aliphatic hydroxyl groups excluding tert-OH is 1. The van der Waals surface area contributed by atoms with Crippen LogP contribution in [-0.4, -0.2) is 64.0 Å². The number of piperazine rings is 1. The average Bonchev–Trinajstić information content (AvgIpc) is 3.50. The number of thiazole rings is 1. The van der Waals surface area contributed by atoms with Gasteiger partial charge in [-0.3, -0.25) is 0 Å². The molecule has 1 fully saturated rings. The van der Waals surface area contributed by atoms with E-state index < -0.39 is 0 Å². The van der Waals surface area contributed by atoms with Crippen LogP contribution in [0.4, 0.5) is 21.2 Å². The first-order valence-electron chi connectivity index (χ1n) is 11.4. The topological polar surface area (TPSA) is 106 Å². The van der Waals surface area contributed by atoms with Gasteiger partial charge >= 0.3 is 0 Å². The molecule has 0 unspecified atom stereocenters. The fourth-order valence-corrected chi connectivity index (χ4v) is 5.13. The average molecular weight is 493 g/mol. The maximum Gasteiger partial charge on any atom is 0.192 e. The smallest absolute Gasteiger partial charge is 0.192 e. The molecule has 1 saturated heterocycles. The predicted octanol–water partition coefficient (Wildman–Crippen LogP) is 2.96. The van der Waals surface area contributed by atoms with Crippen molar-refractivity contribution in [3.05, 3.63) is 52.8 Å². The molecule has 0 aliphatic carbocycles. The molecule has 180 valence electrons. The zero-order valence-corrected chi connectivity index (χ0v) is 20.3. The Morgan fingerprint density at radius 2 is 2.06 bits per heavy atom. The molecule has 4 aromatic rings. The number of halogens is 1. The molecule has 11 heteroatoms. The van der Waals surface area contributed by atoms with Gasteiger partial charge in [0, 0.05) is 38.3 Å². The van der Waals surface area contributed by atoms with Crippen LogP contribution >= 0.6 is 11.3 Å². The van der Waals surface area contributed by atoms with E-state index in [2.05, 4.69) is 16.3 Å². The summed E-state index contributed by atoms with van der Waals surface area (Å²) in [5.74, 6) is 1.24. The third-order valence-corrected chi connectivity index (χ3v) is 7.12. The monoisotopic (exact) mass is 492 g/mol. The Bertz CT molecular complexity index is 1390. The summed E-state index contributed by atoms with van der Waals surface area (Å²) < 4.78 is 15.2. The van der Waals surface area contributed by atoms with Crippen LogP contribution in [0, 0.1) is 17.1 Å². The van der Waals surface area contributed by atoms with Crippen molar-refractivity contribution in [2.45, 2.75) is 19.4 Å². The molecule has 4 heterocycles. The number of hydrogen-bond acceptors (Lipinski definition) is 9. The molecule has 0 radical (unpaired) electrons. The lowest BCUT2D eigenvalue weighted by atomic mass is 10.1. The Morgan fingerprint density at radius 3 is 2.77 bits per heavy atom. The van der Waals surface area contributed by atoms with Crippen molar-refractivity contribution in [3.63, 3.8) is 0 Å². The molecule has 9 nitrogen and oxygen atoms in total. The number of imidazole rings is 1. The lowest BCUT2D eigenvalue weighted by Gasteiger charge is -2.33. The van der Waals surface area contributed by atoms with E-state index in [1.54, 1.807) is 12.1 Å². The van der Waals surface area contributed by atoms with Gasteiger partial charge in [-0.25, -0.2) is 14.4 Å². The minimum absolute atomic E-state index is 0.00184. The number of fused-ring (bicyclic) bond motifs is 1. The standard InChI is InChI=1S/C24H25FN8OS/c1-3-18-23(31(2)24-29-22(19(12-26)35-24)15-4-6-16(25)7-5-15)33-20(28-18)8-9-21(30-33)32-11-10-27-17(13-32)14-34/h4-9,17,27,34H,3,10-11,13-14H2,1-2H3/t17-/m0/s1. The SMILES string of the molecule is CCc1nc2ccc(N3CCN[C@H](CO)C3)nn2c1N(C)c1nc(-c2ccc(F)cc2)c(C#N)s1. The highest BCUT2D eigenvalue weighted by atomic mass is 32.1. The fourth-order valence-electron chi connectivity index (χ4n) is 4.28. The third kappa shape index (κ3) is 4.32. The second-order valence-electron chi connectivity index (χ2n) is 8.33. The quantitative estimate of drug-likeness (QED) is 0.423. The highest BCUT2D eigenvalue weighted by Crippen LogP contribution is 2.36. The first-order chi connectivity index (χ1) is 17.0. The zero-order valence-electron chi connectivity index (χ0n) is 19.4. The van der Waals surface area contributed by atoms with Gasteiger partial charge in [0.05, 0.1) is 12.3 Å². The summed E-state index contributed by atoms with van der Waals surface area (Å²) in [5.41, 5.74) is 2.79. The van der Waals surface area contributed by atoms with Gasteiger partial charge in [-0.05, 0) is 42.8 Å². The number of nitrogens with one attached hydrogen (secondary N) is 1. The van der Waals surface area contributed by atoms with Crippen molar-refractivity contribution in [1.82, 2.24) is 24.9 Å². The van der Waals surface area contributed by atoms with E-state index in [0.29, 0.717) is 34.2 Å². The van der Waals surface area contributed by atoms with Crippen LogP contribution in [0.3, 0.4) is 0 Å². The summed E-state index contributed by atoms with van der Waals surface area (Å²) >= 11 is 1.27. The molecular formula is C24H25FN8OS. The number of nitrogens with zero attached hydrogens (tertiary/aromatic N) is 7. The van der Waals surface area contributed by atoms with E-state index in [-0.39, 0.29) is 18.5 Å². The second-order valence-corrected chi connectivity index (χ2v) is 9.31. The molecule has 5 rings (SSSR count). The van der Waals surface area contributed by atoms with Gasteiger partial charge in [0.2, 0.25) is 0 Å². The zero-order chi connectivity index (χ0) is 24.5. The number of rotatable bonds is 6. The van der Waals surface area contributed by atoms with Crippen LogP contribution in [-0.2, 0) is 6.42 Å². The fraction of sp³-hybridized carbons (Fsp3) is 0.333. The highest BCUT2D eigenvalue weighted by molar-refractivity contribution is 7.16. The minimum Gasteiger partial charge on any atom is -0.395 e. The second kappa shape index (κ2) is 9.58.